The molecule has 88 valence electrons. The number of carbonyl (C=O) groups is 1. The van der Waals surface area contributed by atoms with Crippen LogP contribution >= 0.6 is 11.6 Å². The zero-order valence-electron chi connectivity index (χ0n) is 8.57. The van der Waals surface area contributed by atoms with E-state index < -0.39 is 21.3 Å². The van der Waals surface area contributed by atoms with Crippen LogP contribution in [0.4, 0.5) is 0 Å². The number of hydrogen-bond donors (Lipinski definition) is 1. The average Bonchev–Trinajstić information content (AvgIpc) is 2.68. The standard InChI is InChI=1S/C8H15ClN2O3S/c1-7(10-15(13,14)6-9)8(12)11-4-2-3-5-11/h7,10H,2-6H2,1H3. The number of halogens is 1. The number of likely N-dealkylation sites (tertiary alicyclic amines) is 1. The number of nitrogens with one attached hydrogen (secondary N) is 1. The zero-order chi connectivity index (χ0) is 11.5. The predicted molar refractivity (Wildman–Crippen MR) is 58.1 cm³/mol. The van der Waals surface area contributed by atoms with Gasteiger partial charge in [-0.25, -0.2) is 13.1 Å². The molecule has 0 spiro atoms. The quantitative estimate of drug-likeness (QED) is 0.725. The van der Waals surface area contributed by atoms with Crippen molar-refractivity contribution in [3.8, 4) is 0 Å². The van der Waals surface area contributed by atoms with Crippen molar-refractivity contribution in [2.24, 2.45) is 0 Å². The molecule has 1 unspecified atom stereocenters. The van der Waals surface area contributed by atoms with Gasteiger partial charge < -0.3 is 4.90 Å². The van der Waals surface area contributed by atoms with Crippen molar-refractivity contribution in [3.63, 3.8) is 0 Å². The second-order valence-electron chi connectivity index (χ2n) is 3.60. The predicted octanol–water partition coefficient (Wildman–Crippen LogP) is 0.113. The Morgan fingerprint density at radius 2 is 2.00 bits per heavy atom. The van der Waals surface area contributed by atoms with Gasteiger partial charge in [0, 0.05) is 13.1 Å². The number of amides is 1. The molecule has 1 atom stereocenters. The SMILES string of the molecule is CC(NS(=O)(=O)CCl)C(=O)N1CCCC1. The van der Waals surface area contributed by atoms with E-state index in [9.17, 15) is 13.2 Å². The van der Waals surface area contributed by atoms with Crippen LogP contribution in [-0.4, -0.2) is 43.6 Å². The smallest absolute Gasteiger partial charge is 0.240 e. The van der Waals surface area contributed by atoms with Crippen LogP contribution in [0.3, 0.4) is 0 Å². The van der Waals surface area contributed by atoms with Crippen LogP contribution in [0, 0.1) is 0 Å². The van der Waals surface area contributed by atoms with Crippen LogP contribution in [0.15, 0.2) is 0 Å². The van der Waals surface area contributed by atoms with Crippen LogP contribution in [0.25, 0.3) is 0 Å². The highest BCUT2D eigenvalue weighted by molar-refractivity contribution is 7.90. The molecular weight excluding hydrogens is 240 g/mol. The maximum absolute atomic E-state index is 11.7. The highest BCUT2D eigenvalue weighted by Crippen LogP contribution is 2.09. The molecule has 1 aliphatic heterocycles. The average molecular weight is 255 g/mol. The number of hydrogen-bond acceptors (Lipinski definition) is 3. The molecule has 1 fully saturated rings. The van der Waals surface area contributed by atoms with Gasteiger partial charge in [0.1, 0.15) is 5.21 Å². The van der Waals surface area contributed by atoms with E-state index in [0.29, 0.717) is 13.1 Å². The van der Waals surface area contributed by atoms with Crippen LogP contribution in [0.2, 0.25) is 0 Å². The summed E-state index contributed by atoms with van der Waals surface area (Å²) in [5.74, 6) is -0.179. The Labute approximate surface area is 94.8 Å². The number of sulfonamides is 1. The van der Waals surface area contributed by atoms with Gasteiger partial charge in [0.15, 0.2) is 0 Å². The first-order chi connectivity index (χ1) is 6.96. The fraction of sp³-hybridized carbons (Fsp3) is 0.875. The van der Waals surface area contributed by atoms with E-state index in [1.807, 2.05) is 0 Å². The third-order valence-corrected chi connectivity index (χ3v) is 4.15. The minimum Gasteiger partial charge on any atom is -0.341 e. The highest BCUT2D eigenvalue weighted by atomic mass is 35.5. The van der Waals surface area contributed by atoms with Gasteiger partial charge in [-0.2, -0.15) is 0 Å². The summed E-state index contributed by atoms with van der Waals surface area (Å²) in [6, 6.07) is -0.730. The van der Waals surface area contributed by atoms with Crippen LogP contribution in [0.1, 0.15) is 19.8 Å². The lowest BCUT2D eigenvalue weighted by molar-refractivity contribution is -0.131. The monoisotopic (exact) mass is 254 g/mol. The fourth-order valence-electron chi connectivity index (χ4n) is 1.56. The van der Waals surface area contributed by atoms with E-state index in [4.69, 9.17) is 11.6 Å². The molecule has 0 saturated carbocycles. The lowest BCUT2D eigenvalue weighted by atomic mass is 10.3. The molecule has 1 rings (SSSR count). The number of rotatable bonds is 4. The Kier molecular flexibility index (Phi) is 4.36. The van der Waals surface area contributed by atoms with E-state index in [1.165, 1.54) is 6.92 Å². The molecule has 1 N–H and O–H groups in total. The van der Waals surface area contributed by atoms with Crippen molar-refractivity contribution in [1.29, 1.82) is 0 Å². The van der Waals surface area contributed by atoms with Crippen molar-refractivity contribution < 1.29 is 13.2 Å². The first-order valence-corrected chi connectivity index (χ1v) is 7.00. The molecule has 1 amide bonds. The molecule has 0 radical (unpaired) electrons. The van der Waals surface area contributed by atoms with E-state index in [1.54, 1.807) is 4.90 Å². The molecule has 1 aliphatic rings. The minimum atomic E-state index is -3.53. The van der Waals surface area contributed by atoms with Crippen molar-refractivity contribution >= 4 is 27.5 Å². The second-order valence-corrected chi connectivity index (χ2v) is 5.93. The summed E-state index contributed by atoms with van der Waals surface area (Å²) in [6.45, 7) is 2.96. The maximum atomic E-state index is 11.7. The minimum absolute atomic E-state index is 0.179. The molecular formula is C8H15ClN2O3S. The Morgan fingerprint density at radius 1 is 1.47 bits per heavy atom. The third kappa shape index (κ3) is 3.62. The van der Waals surface area contributed by atoms with Gasteiger partial charge in [0.25, 0.3) is 0 Å². The Bertz CT molecular complexity index is 325. The zero-order valence-corrected chi connectivity index (χ0v) is 10.1. The molecule has 7 heteroatoms. The molecule has 0 bridgehead atoms. The van der Waals surface area contributed by atoms with Crippen molar-refractivity contribution in [1.82, 2.24) is 9.62 Å². The summed E-state index contributed by atoms with van der Waals surface area (Å²) >= 11 is 5.23. The number of carbonyl (C=O) groups excluding carboxylic acids is 1. The number of alkyl halides is 1. The van der Waals surface area contributed by atoms with E-state index in [-0.39, 0.29) is 5.91 Å². The lowest BCUT2D eigenvalue weighted by Gasteiger charge is -2.20. The molecule has 1 saturated heterocycles. The summed E-state index contributed by atoms with van der Waals surface area (Å²) in [6.07, 6.45) is 1.97. The molecule has 1 heterocycles. The molecule has 15 heavy (non-hydrogen) atoms. The van der Waals surface area contributed by atoms with E-state index in [2.05, 4.69) is 4.72 Å². The van der Waals surface area contributed by atoms with Gasteiger partial charge >= 0.3 is 0 Å². The van der Waals surface area contributed by atoms with Gasteiger partial charge in [-0.3, -0.25) is 4.79 Å². The lowest BCUT2D eigenvalue weighted by Crippen LogP contribution is -2.46. The van der Waals surface area contributed by atoms with Gasteiger partial charge in [0.05, 0.1) is 6.04 Å². The second kappa shape index (κ2) is 5.14. The Hall–Kier alpha value is -0.330. The van der Waals surface area contributed by atoms with Gasteiger partial charge in [-0.1, -0.05) is 0 Å². The van der Waals surface area contributed by atoms with E-state index >= 15 is 0 Å². The first-order valence-electron chi connectivity index (χ1n) is 4.81. The summed E-state index contributed by atoms with van der Waals surface area (Å²) in [4.78, 5) is 13.4. The van der Waals surface area contributed by atoms with Gasteiger partial charge in [-0.15, -0.1) is 11.6 Å². The summed E-state index contributed by atoms with van der Waals surface area (Å²) < 4.78 is 24.5. The van der Waals surface area contributed by atoms with Crippen LogP contribution in [-0.2, 0) is 14.8 Å². The molecule has 0 aromatic heterocycles. The fourth-order valence-corrected chi connectivity index (χ4v) is 2.45. The Balaban J connectivity index is 2.53. The van der Waals surface area contributed by atoms with Crippen LogP contribution in [0.5, 0.6) is 0 Å². The molecule has 5 nitrogen and oxygen atoms in total. The molecule has 0 aromatic rings. The highest BCUT2D eigenvalue weighted by Gasteiger charge is 2.25. The van der Waals surface area contributed by atoms with Crippen molar-refractivity contribution in [2.45, 2.75) is 25.8 Å². The number of nitrogens with zero attached hydrogens (tertiary/aromatic N) is 1. The van der Waals surface area contributed by atoms with Crippen LogP contribution < -0.4 is 4.72 Å². The topological polar surface area (TPSA) is 66.5 Å². The summed E-state index contributed by atoms with van der Waals surface area (Å²) in [7, 11) is -3.53. The molecule has 0 aromatic carbocycles. The summed E-state index contributed by atoms with van der Waals surface area (Å²) in [5.41, 5.74) is 0. The maximum Gasteiger partial charge on any atom is 0.240 e. The third-order valence-electron chi connectivity index (χ3n) is 2.29. The van der Waals surface area contributed by atoms with Gasteiger partial charge in [-0.05, 0) is 19.8 Å². The van der Waals surface area contributed by atoms with Crippen molar-refractivity contribution in [2.75, 3.05) is 18.3 Å². The van der Waals surface area contributed by atoms with Crippen molar-refractivity contribution in [3.05, 3.63) is 0 Å². The normalized spacial score (nSPS) is 19.2. The first kappa shape index (κ1) is 12.7. The van der Waals surface area contributed by atoms with Gasteiger partial charge in [0.2, 0.25) is 15.9 Å². The summed E-state index contributed by atoms with van der Waals surface area (Å²) in [5, 5.41) is -0.523. The van der Waals surface area contributed by atoms with E-state index in [0.717, 1.165) is 12.8 Å². The largest absolute Gasteiger partial charge is 0.341 e. The Morgan fingerprint density at radius 3 is 2.47 bits per heavy atom. The molecule has 0 aliphatic carbocycles.